The fourth-order valence-corrected chi connectivity index (χ4v) is 2.44. The van der Waals surface area contributed by atoms with Crippen molar-refractivity contribution in [3.8, 4) is 0 Å². The van der Waals surface area contributed by atoms with Crippen molar-refractivity contribution >= 4 is 17.3 Å². The van der Waals surface area contributed by atoms with Crippen LogP contribution >= 0.6 is 0 Å². The van der Waals surface area contributed by atoms with E-state index in [4.69, 9.17) is 5.73 Å². The van der Waals surface area contributed by atoms with E-state index in [-0.39, 0.29) is 11.9 Å². The molecule has 4 nitrogen and oxygen atoms in total. The van der Waals surface area contributed by atoms with Crippen LogP contribution in [0.15, 0.2) is 18.2 Å². The highest BCUT2D eigenvalue weighted by Gasteiger charge is 2.28. The Bertz CT molecular complexity index is 445. The molecule has 1 atom stereocenters. The van der Waals surface area contributed by atoms with Crippen LogP contribution in [0, 0.1) is 0 Å². The van der Waals surface area contributed by atoms with E-state index in [0.717, 1.165) is 37.3 Å². The molecule has 3 N–H and O–H groups in total. The van der Waals surface area contributed by atoms with Crippen molar-refractivity contribution in [2.24, 2.45) is 0 Å². The number of hydrogen-bond acceptors (Lipinski definition) is 3. The number of hydrogen-bond donors (Lipinski definition) is 2. The number of nitrogens with one attached hydrogen (secondary N) is 1. The third-order valence-electron chi connectivity index (χ3n) is 3.46. The average molecular weight is 247 g/mol. The maximum absolute atomic E-state index is 12.0. The molecular weight excluding hydrogens is 226 g/mol. The zero-order valence-corrected chi connectivity index (χ0v) is 11.1. The van der Waals surface area contributed by atoms with Crippen molar-refractivity contribution in [2.45, 2.75) is 32.7 Å². The van der Waals surface area contributed by atoms with Crippen molar-refractivity contribution in [2.75, 3.05) is 23.7 Å². The van der Waals surface area contributed by atoms with Gasteiger partial charge in [0.15, 0.2) is 0 Å². The van der Waals surface area contributed by atoms with E-state index in [1.165, 1.54) is 5.56 Å². The Morgan fingerprint density at radius 3 is 3.06 bits per heavy atom. The van der Waals surface area contributed by atoms with Gasteiger partial charge in [-0.15, -0.1) is 0 Å². The third kappa shape index (κ3) is 2.28. The van der Waals surface area contributed by atoms with E-state index in [0.29, 0.717) is 0 Å². The Kier molecular flexibility index (Phi) is 3.75. The summed E-state index contributed by atoms with van der Waals surface area (Å²) in [5, 5.41) is 2.94. The van der Waals surface area contributed by atoms with Crippen LogP contribution in [-0.2, 0) is 11.2 Å². The van der Waals surface area contributed by atoms with Crippen molar-refractivity contribution in [1.29, 1.82) is 0 Å². The van der Waals surface area contributed by atoms with Gasteiger partial charge in [0.2, 0.25) is 5.91 Å². The minimum Gasteiger partial charge on any atom is -0.397 e. The molecule has 0 aromatic heterocycles. The lowest BCUT2D eigenvalue weighted by molar-refractivity contribution is -0.122. The van der Waals surface area contributed by atoms with Gasteiger partial charge >= 0.3 is 0 Å². The molecule has 0 spiro atoms. The smallest absolute Gasteiger partial charge is 0.242 e. The number of fused-ring (bicyclic) bond motifs is 1. The first-order valence-electron chi connectivity index (χ1n) is 6.57. The maximum Gasteiger partial charge on any atom is 0.242 e. The SMILES string of the molecule is CCCNC(=O)C(C)N1CCc2cccc(N)c21. The van der Waals surface area contributed by atoms with Crippen molar-refractivity contribution in [3.05, 3.63) is 23.8 Å². The molecule has 4 heteroatoms. The predicted molar refractivity (Wildman–Crippen MR) is 74.7 cm³/mol. The van der Waals surface area contributed by atoms with Crippen LogP contribution in [0.25, 0.3) is 0 Å². The molecule has 0 aliphatic carbocycles. The molecule has 0 saturated carbocycles. The van der Waals surface area contributed by atoms with E-state index in [1.807, 2.05) is 26.0 Å². The monoisotopic (exact) mass is 247 g/mol. The van der Waals surface area contributed by atoms with E-state index in [9.17, 15) is 4.79 Å². The van der Waals surface area contributed by atoms with Gasteiger partial charge in [0.05, 0.1) is 11.4 Å². The molecule has 0 saturated heterocycles. The molecule has 0 radical (unpaired) electrons. The fourth-order valence-electron chi connectivity index (χ4n) is 2.44. The normalized spacial score (nSPS) is 15.3. The van der Waals surface area contributed by atoms with Gasteiger partial charge in [0.1, 0.15) is 6.04 Å². The minimum atomic E-state index is -0.164. The number of nitrogens with two attached hydrogens (primary N) is 1. The molecule has 1 aromatic rings. The molecule has 1 aromatic carbocycles. The van der Waals surface area contributed by atoms with E-state index >= 15 is 0 Å². The second-order valence-corrected chi connectivity index (χ2v) is 4.77. The number of rotatable bonds is 4. The van der Waals surface area contributed by atoms with Gasteiger partial charge in [-0.25, -0.2) is 0 Å². The summed E-state index contributed by atoms with van der Waals surface area (Å²) in [7, 11) is 0. The number of carbonyl (C=O) groups excluding carboxylic acids is 1. The maximum atomic E-state index is 12.0. The number of benzene rings is 1. The standard InChI is InChI=1S/C14H21N3O/c1-3-8-16-14(18)10(2)17-9-7-11-5-4-6-12(15)13(11)17/h4-6,10H,3,7-9,15H2,1-2H3,(H,16,18). The summed E-state index contributed by atoms with van der Waals surface area (Å²) in [6.07, 6.45) is 1.92. The summed E-state index contributed by atoms with van der Waals surface area (Å²) in [4.78, 5) is 14.1. The Labute approximate surface area is 108 Å². The number of amides is 1. The zero-order valence-electron chi connectivity index (χ0n) is 11.1. The predicted octanol–water partition coefficient (Wildman–Crippen LogP) is 1.55. The second-order valence-electron chi connectivity index (χ2n) is 4.77. The topological polar surface area (TPSA) is 58.4 Å². The summed E-state index contributed by atoms with van der Waals surface area (Å²) >= 11 is 0. The van der Waals surface area contributed by atoms with Crippen molar-refractivity contribution < 1.29 is 4.79 Å². The number of anilines is 2. The Morgan fingerprint density at radius 1 is 1.56 bits per heavy atom. The quantitative estimate of drug-likeness (QED) is 0.794. The van der Waals surface area contributed by atoms with Crippen LogP contribution in [0.1, 0.15) is 25.8 Å². The lowest BCUT2D eigenvalue weighted by Crippen LogP contribution is -2.45. The summed E-state index contributed by atoms with van der Waals surface area (Å²) in [6.45, 7) is 5.58. The number of carbonyl (C=O) groups is 1. The minimum absolute atomic E-state index is 0.0768. The van der Waals surface area contributed by atoms with E-state index in [2.05, 4.69) is 16.3 Å². The van der Waals surface area contributed by atoms with Crippen molar-refractivity contribution in [1.82, 2.24) is 5.32 Å². The van der Waals surface area contributed by atoms with Gasteiger partial charge in [-0.2, -0.15) is 0 Å². The molecule has 1 amide bonds. The van der Waals surface area contributed by atoms with Gasteiger partial charge < -0.3 is 16.0 Å². The van der Waals surface area contributed by atoms with Crippen LogP contribution in [0.2, 0.25) is 0 Å². The van der Waals surface area contributed by atoms with E-state index in [1.54, 1.807) is 0 Å². The van der Waals surface area contributed by atoms with Crippen LogP contribution in [-0.4, -0.2) is 25.0 Å². The fraction of sp³-hybridized carbons (Fsp3) is 0.500. The van der Waals surface area contributed by atoms with Crippen LogP contribution in [0.5, 0.6) is 0 Å². The highest BCUT2D eigenvalue weighted by molar-refractivity contribution is 5.87. The average Bonchev–Trinajstić information content (AvgIpc) is 2.80. The summed E-state index contributed by atoms with van der Waals surface area (Å²) < 4.78 is 0. The first-order valence-corrected chi connectivity index (χ1v) is 6.57. The molecule has 1 aliphatic heterocycles. The molecule has 2 rings (SSSR count). The first kappa shape index (κ1) is 12.7. The highest BCUT2D eigenvalue weighted by atomic mass is 16.2. The number of nitrogens with zero attached hydrogens (tertiary/aromatic N) is 1. The molecular formula is C14H21N3O. The van der Waals surface area contributed by atoms with Crippen LogP contribution in [0.3, 0.4) is 0 Å². The molecule has 1 heterocycles. The summed E-state index contributed by atoms with van der Waals surface area (Å²) in [5.74, 6) is 0.0768. The zero-order chi connectivity index (χ0) is 13.1. The van der Waals surface area contributed by atoms with Crippen LogP contribution < -0.4 is 16.0 Å². The van der Waals surface area contributed by atoms with Gasteiger partial charge in [-0.3, -0.25) is 4.79 Å². The van der Waals surface area contributed by atoms with Gasteiger partial charge in [0.25, 0.3) is 0 Å². The molecule has 1 aliphatic rings. The van der Waals surface area contributed by atoms with Gasteiger partial charge in [-0.1, -0.05) is 19.1 Å². The Balaban J connectivity index is 2.15. The molecule has 98 valence electrons. The molecule has 18 heavy (non-hydrogen) atoms. The molecule has 0 fully saturated rings. The second kappa shape index (κ2) is 5.29. The first-order chi connectivity index (χ1) is 8.65. The largest absolute Gasteiger partial charge is 0.397 e. The number of nitrogen functional groups attached to an aromatic ring is 1. The van der Waals surface area contributed by atoms with Crippen LogP contribution in [0.4, 0.5) is 11.4 Å². The van der Waals surface area contributed by atoms with Gasteiger partial charge in [0, 0.05) is 13.1 Å². The summed E-state index contributed by atoms with van der Waals surface area (Å²) in [6, 6.07) is 5.79. The summed E-state index contributed by atoms with van der Waals surface area (Å²) in [5.41, 5.74) is 9.07. The lowest BCUT2D eigenvalue weighted by atomic mass is 10.1. The molecule has 0 bridgehead atoms. The highest BCUT2D eigenvalue weighted by Crippen LogP contribution is 2.34. The molecule has 1 unspecified atom stereocenters. The van der Waals surface area contributed by atoms with Crippen molar-refractivity contribution in [3.63, 3.8) is 0 Å². The lowest BCUT2D eigenvalue weighted by Gasteiger charge is -2.27. The Hall–Kier alpha value is -1.71. The van der Waals surface area contributed by atoms with E-state index < -0.39 is 0 Å². The number of para-hydroxylation sites is 1. The third-order valence-corrected chi connectivity index (χ3v) is 3.46. The Morgan fingerprint density at radius 2 is 2.33 bits per heavy atom. The van der Waals surface area contributed by atoms with Gasteiger partial charge in [-0.05, 0) is 31.4 Å².